The number of nitrogens with zero attached hydrogens (tertiary/aromatic N) is 3. The van der Waals surface area contributed by atoms with Crippen molar-refractivity contribution in [3.8, 4) is 5.75 Å². The van der Waals surface area contributed by atoms with Gasteiger partial charge in [0.05, 0.1) is 19.9 Å². The van der Waals surface area contributed by atoms with Crippen molar-refractivity contribution < 1.29 is 4.74 Å². The highest BCUT2D eigenvalue weighted by molar-refractivity contribution is 6.07. The number of rotatable bonds is 5. The van der Waals surface area contributed by atoms with Gasteiger partial charge in [-0.1, -0.05) is 48.5 Å². The van der Waals surface area contributed by atoms with Crippen molar-refractivity contribution in [3.63, 3.8) is 0 Å². The van der Waals surface area contributed by atoms with Crippen molar-refractivity contribution in [3.05, 3.63) is 106 Å². The average molecular weight is 409 g/mol. The van der Waals surface area contributed by atoms with E-state index in [4.69, 9.17) is 4.74 Å². The number of fused-ring (bicyclic) bond motifs is 3. The monoisotopic (exact) mass is 409 g/mol. The molecule has 0 N–H and O–H groups in total. The molecule has 154 valence electrons. The predicted molar refractivity (Wildman–Crippen MR) is 124 cm³/mol. The van der Waals surface area contributed by atoms with Crippen molar-refractivity contribution in [2.24, 2.45) is 7.05 Å². The Kier molecular flexibility index (Phi) is 4.79. The minimum atomic E-state index is -0.0939. The van der Waals surface area contributed by atoms with Gasteiger partial charge in [-0.2, -0.15) is 5.10 Å². The summed E-state index contributed by atoms with van der Waals surface area (Å²) in [5, 5.41) is 6.43. The van der Waals surface area contributed by atoms with Gasteiger partial charge in [-0.15, -0.1) is 0 Å². The summed E-state index contributed by atoms with van der Waals surface area (Å²) in [7, 11) is 3.58. The number of benzene rings is 3. The first-order valence-corrected chi connectivity index (χ1v) is 10.3. The summed E-state index contributed by atoms with van der Waals surface area (Å²) in [6.45, 7) is 0.396. The maximum atomic E-state index is 13.3. The molecule has 2 aromatic heterocycles. The van der Waals surface area contributed by atoms with Gasteiger partial charge in [0, 0.05) is 23.3 Å². The van der Waals surface area contributed by atoms with Gasteiger partial charge in [-0.3, -0.25) is 4.79 Å². The Balaban J connectivity index is 1.58. The third-order valence-corrected chi connectivity index (χ3v) is 5.78. The minimum absolute atomic E-state index is 0.0939. The largest absolute Gasteiger partial charge is 0.497 e. The zero-order valence-electron chi connectivity index (χ0n) is 17.6. The third kappa shape index (κ3) is 3.48. The van der Waals surface area contributed by atoms with E-state index >= 15 is 0 Å². The van der Waals surface area contributed by atoms with Crippen LogP contribution in [0.1, 0.15) is 16.7 Å². The second-order valence-corrected chi connectivity index (χ2v) is 7.79. The topological polar surface area (TPSA) is 49.0 Å². The van der Waals surface area contributed by atoms with E-state index in [-0.39, 0.29) is 5.56 Å². The Bertz CT molecular complexity index is 1450. The van der Waals surface area contributed by atoms with Crippen molar-refractivity contribution in [2.75, 3.05) is 7.11 Å². The standard InChI is InChI=1S/C26H23N3O2/c1-28-24-12-11-19(13-18-7-4-3-5-8-18)15-22(24)23-16-27-29(26(30)25(23)28)17-20-9-6-10-21(14-20)31-2/h3-12,14-16H,13,17H2,1-2H3. The van der Waals surface area contributed by atoms with E-state index in [0.29, 0.717) is 12.1 Å². The summed E-state index contributed by atoms with van der Waals surface area (Å²) in [5.41, 5.74) is 5.06. The lowest BCUT2D eigenvalue weighted by molar-refractivity contribution is 0.414. The van der Waals surface area contributed by atoms with Crippen LogP contribution in [-0.2, 0) is 20.0 Å². The molecule has 0 radical (unpaired) electrons. The number of aryl methyl sites for hydroxylation is 1. The lowest BCUT2D eigenvalue weighted by Gasteiger charge is -2.07. The van der Waals surface area contributed by atoms with Crippen LogP contribution in [0, 0.1) is 0 Å². The van der Waals surface area contributed by atoms with Gasteiger partial charge in [-0.25, -0.2) is 4.68 Å². The quantitative estimate of drug-likeness (QED) is 0.428. The summed E-state index contributed by atoms with van der Waals surface area (Å²) in [6.07, 6.45) is 2.67. The zero-order valence-corrected chi connectivity index (χ0v) is 17.6. The molecule has 0 aliphatic carbocycles. The summed E-state index contributed by atoms with van der Waals surface area (Å²) in [6, 6.07) is 24.5. The van der Waals surface area contributed by atoms with E-state index in [0.717, 1.165) is 34.0 Å². The summed E-state index contributed by atoms with van der Waals surface area (Å²) in [5.74, 6) is 0.766. The summed E-state index contributed by atoms with van der Waals surface area (Å²) < 4.78 is 8.78. The van der Waals surface area contributed by atoms with Gasteiger partial charge in [0.1, 0.15) is 11.3 Å². The Morgan fingerprint density at radius 3 is 2.48 bits per heavy atom. The van der Waals surface area contributed by atoms with Gasteiger partial charge in [0.15, 0.2) is 0 Å². The smallest absolute Gasteiger partial charge is 0.291 e. The third-order valence-electron chi connectivity index (χ3n) is 5.78. The molecule has 0 aliphatic heterocycles. The van der Waals surface area contributed by atoms with Crippen LogP contribution >= 0.6 is 0 Å². The summed E-state index contributed by atoms with van der Waals surface area (Å²) >= 11 is 0. The van der Waals surface area contributed by atoms with Gasteiger partial charge in [-0.05, 0) is 47.4 Å². The second kappa shape index (κ2) is 7.76. The summed E-state index contributed by atoms with van der Waals surface area (Å²) in [4.78, 5) is 13.3. The van der Waals surface area contributed by atoms with E-state index in [1.165, 1.54) is 15.8 Å². The molecular weight excluding hydrogens is 386 g/mol. The Hall–Kier alpha value is -3.86. The number of ether oxygens (including phenoxy) is 1. The number of aromatic nitrogens is 3. The molecule has 0 amide bonds. The molecule has 0 spiro atoms. The van der Waals surface area contributed by atoms with E-state index < -0.39 is 0 Å². The second-order valence-electron chi connectivity index (χ2n) is 7.79. The zero-order chi connectivity index (χ0) is 21.4. The fraction of sp³-hybridized carbons (Fsp3) is 0.154. The molecule has 0 bridgehead atoms. The molecule has 0 atom stereocenters. The van der Waals surface area contributed by atoms with Crippen molar-refractivity contribution >= 4 is 21.8 Å². The Morgan fingerprint density at radius 2 is 1.68 bits per heavy atom. The molecular formula is C26H23N3O2. The molecule has 0 saturated heterocycles. The van der Waals surface area contributed by atoms with Crippen LogP contribution in [0.3, 0.4) is 0 Å². The highest BCUT2D eigenvalue weighted by Gasteiger charge is 2.15. The van der Waals surface area contributed by atoms with Crippen molar-refractivity contribution in [1.82, 2.24) is 14.3 Å². The van der Waals surface area contributed by atoms with Crippen LogP contribution in [0.2, 0.25) is 0 Å². The molecule has 0 saturated carbocycles. The first kappa shape index (κ1) is 19.1. The first-order valence-electron chi connectivity index (χ1n) is 10.3. The van der Waals surface area contributed by atoms with E-state index in [2.05, 4.69) is 47.6 Å². The van der Waals surface area contributed by atoms with Crippen LogP contribution in [0.25, 0.3) is 21.8 Å². The van der Waals surface area contributed by atoms with Gasteiger partial charge in [0.2, 0.25) is 0 Å². The molecule has 31 heavy (non-hydrogen) atoms. The molecule has 5 heteroatoms. The van der Waals surface area contributed by atoms with E-state index in [1.807, 2.05) is 48.1 Å². The highest BCUT2D eigenvalue weighted by Crippen LogP contribution is 2.27. The maximum Gasteiger partial charge on any atom is 0.291 e. The van der Waals surface area contributed by atoms with Crippen LogP contribution in [0.4, 0.5) is 0 Å². The maximum absolute atomic E-state index is 13.3. The molecule has 3 aromatic carbocycles. The van der Waals surface area contributed by atoms with E-state index in [9.17, 15) is 4.79 Å². The van der Waals surface area contributed by atoms with Crippen LogP contribution < -0.4 is 10.3 Å². The van der Waals surface area contributed by atoms with Crippen molar-refractivity contribution in [1.29, 1.82) is 0 Å². The molecule has 2 heterocycles. The van der Waals surface area contributed by atoms with Gasteiger partial charge >= 0.3 is 0 Å². The normalized spacial score (nSPS) is 11.3. The lowest BCUT2D eigenvalue weighted by Crippen LogP contribution is -2.24. The molecule has 5 nitrogen and oxygen atoms in total. The molecule has 0 aliphatic rings. The fourth-order valence-electron chi connectivity index (χ4n) is 4.21. The number of hydrogen-bond donors (Lipinski definition) is 0. The van der Waals surface area contributed by atoms with Crippen LogP contribution in [0.5, 0.6) is 5.75 Å². The highest BCUT2D eigenvalue weighted by atomic mass is 16.5. The number of methoxy groups -OCH3 is 1. The number of hydrogen-bond acceptors (Lipinski definition) is 3. The lowest BCUT2D eigenvalue weighted by atomic mass is 10.0. The minimum Gasteiger partial charge on any atom is -0.497 e. The first-order chi connectivity index (χ1) is 15.1. The van der Waals surface area contributed by atoms with Crippen molar-refractivity contribution in [2.45, 2.75) is 13.0 Å². The average Bonchev–Trinajstić information content (AvgIpc) is 3.08. The fourth-order valence-corrected chi connectivity index (χ4v) is 4.21. The SMILES string of the molecule is COc1cccc(Cn2ncc3c4cc(Cc5ccccc5)ccc4n(C)c3c2=O)c1. The van der Waals surface area contributed by atoms with Gasteiger partial charge < -0.3 is 9.30 Å². The molecule has 0 fully saturated rings. The predicted octanol–water partition coefficient (Wildman–Crippen LogP) is 4.54. The molecule has 0 unspecified atom stereocenters. The Labute approximate surface area is 180 Å². The van der Waals surface area contributed by atoms with E-state index in [1.54, 1.807) is 7.11 Å². The molecule has 5 aromatic rings. The molecule has 5 rings (SSSR count). The van der Waals surface area contributed by atoms with Gasteiger partial charge in [0.25, 0.3) is 5.56 Å². The Morgan fingerprint density at radius 1 is 0.871 bits per heavy atom. The van der Waals surface area contributed by atoms with Crippen LogP contribution in [0.15, 0.2) is 83.8 Å². The van der Waals surface area contributed by atoms with Crippen LogP contribution in [-0.4, -0.2) is 21.5 Å².